The molecule has 0 aliphatic carbocycles. The van der Waals surface area contributed by atoms with Crippen LogP contribution in [0.5, 0.6) is 0 Å². The summed E-state index contributed by atoms with van der Waals surface area (Å²) in [4.78, 5) is 0. The Kier molecular flexibility index (Phi) is 20.8. The van der Waals surface area contributed by atoms with Crippen molar-refractivity contribution in [3.05, 3.63) is 132 Å². The van der Waals surface area contributed by atoms with E-state index in [0.717, 1.165) is 0 Å². The SMILES string of the molecule is CC[PH+](CC[PH+](c1ccccc1)c1ccccc1)CC[PH+](c1ccccc1)c1ccccc1.[N-]=C=S.[N-]=C=S.[Ni+2]. The standard InChI is InChI=1S/C30H33P3.2CNS.Ni/c1-2-31(23-25-32(27-15-7-3-8-16-27)28-17-9-4-10-18-28)24-26-33(29-19-11-5-12-20-29)30-21-13-6-14-22-30;2*2-1-3;/h3-22H,2,23-26H2,1H3;;;/q;2*-1;+2/p+3. The zero-order chi connectivity index (χ0) is 28.1. The molecule has 0 aliphatic rings. The second kappa shape index (κ2) is 22.9. The fraction of sp³-hybridized carbons (Fsp3) is 0.188. The summed E-state index contributed by atoms with van der Waals surface area (Å²) in [5.41, 5.74) is 0. The molecular weight excluding hydrogens is 628 g/mol. The molecule has 0 amide bonds. The van der Waals surface area contributed by atoms with Crippen LogP contribution in [0.3, 0.4) is 0 Å². The molecule has 0 aromatic heterocycles. The smallest absolute Gasteiger partial charge is 0.753 e. The van der Waals surface area contributed by atoms with Crippen molar-refractivity contribution in [3.63, 3.8) is 0 Å². The van der Waals surface area contributed by atoms with Gasteiger partial charge in [-0.15, -0.1) is 0 Å². The predicted octanol–water partition coefficient (Wildman–Crippen LogP) is 7.27. The van der Waals surface area contributed by atoms with E-state index in [-0.39, 0.29) is 24.4 Å². The third-order valence-electron chi connectivity index (χ3n) is 6.45. The molecule has 0 fully saturated rings. The minimum atomic E-state index is -0.712. The maximum Gasteiger partial charge on any atom is 2.00 e. The van der Waals surface area contributed by atoms with Crippen LogP contribution in [0.15, 0.2) is 121 Å². The number of hydrogen-bond donors (Lipinski definition) is 0. The molecule has 0 bridgehead atoms. The molecule has 0 saturated heterocycles. The molecule has 0 spiro atoms. The van der Waals surface area contributed by atoms with Crippen molar-refractivity contribution in [1.82, 2.24) is 0 Å². The van der Waals surface area contributed by atoms with Gasteiger partial charge in [-0.1, -0.05) is 97.2 Å². The van der Waals surface area contributed by atoms with Crippen LogP contribution in [0.25, 0.3) is 10.8 Å². The molecule has 0 N–H and O–H groups in total. The third kappa shape index (κ3) is 13.3. The van der Waals surface area contributed by atoms with Gasteiger partial charge in [-0.25, -0.2) is 0 Å². The van der Waals surface area contributed by atoms with Gasteiger partial charge in [0.2, 0.25) is 0 Å². The van der Waals surface area contributed by atoms with Crippen molar-refractivity contribution in [1.29, 1.82) is 0 Å². The molecule has 208 valence electrons. The van der Waals surface area contributed by atoms with Gasteiger partial charge in [0.25, 0.3) is 0 Å². The van der Waals surface area contributed by atoms with Crippen LogP contribution in [0.1, 0.15) is 6.92 Å². The van der Waals surface area contributed by atoms with E-state index in [0.29, 0.717) is 0 Å². The Morgan fingerprint density at radius 3 is 0.925 bits per heavy atom. The van der Waals surface area contributed by atoms with Gasteiger partial charge in [-0.2, -0.15) is 10.3 Å². The Hall–Kier alpha value is -1.74. The van der Waals surface area contributed by atoms with Crippen molar-refractivity contribution >= 4 is 79.7 Å². The summed E-state index contributed by atoms with van der Waals surface area (Å²) in [5.74, 6) is 0. The molecule has 4 rings (SSSR count). The van der Waals surface area contributed by atoms with E-state index in [9.17, 15) is 0 Å². The summed E-state index contributed by atoms with van der Waals surface area (Å²) in [5, 5.41) is 23.2. The van der Waals surface area contributed by atoms with E-state index in [4.69, 9.17) is 10.8 Å². The molecule has 0 atom stereocenters. The zero-order valence-corrected chi connectivity index (χ0v) is 28.2. The molecule has 4 aromatic carbocycles. The van der Waals surface area contributed by atoms with Gasteiger partial charge < -0.3 is 10.8 Å². The zero-order valence-electron chi connectivity index (χ0n) is 22.6. The quantitative estimate of drug-likeness (QED) is 0.0734. The molecular formula is C32H36N2NiP3S2+3. The van der Waals surface area contributed by atoms with Crippen molar-refractivity contribution in [2.75, 3.05) is 30.8 Å². The first-order chi connectivity index (χ1) is 19.2. The normalized spacial score (nSPS) is 9.80. The van der Waals surface area contributed by atoms with Gasteiger partial charge in [0, 0.05) is 7.92 Å². The first kappa shape index (κ1) is 36.3. The van der Waals surface area contributed by atoms with Crippen LogP contribution < -0.4 is 21.2 Å². The second-order valence-electron chi connectivity index (χ2n) is 8.71. The fourth-order valence-corrected chi connectivity index (χ4v) is 14.5. The Morgan fingerprint density at radius 2 is 0.725 bits per heavy atom. The second-order valence-corrected chi connectivity index (χ2v) is 17.5. The summed E-state index contributed by atoms with van der Waals surface area (Å²) < 4.78 is 0. The molecule has 8 heteroatoms. The molecule has 4 aromatic rings. The van der Waals surface area contributed by atoms with Crippen molar-refractivity contribution < 1.29 is 16.5 Å². The molecule has 0 saturated carbocycles. The average Bonchev–Trinajstić information content (AvgIpc) is 2.99. The molecule has 2 nitrogen and oxygen atoms in total. The topological polar surface area (TPSA) is 44.6 Å². The summed E-state index contributed by atoms with van der Waals surface area (Å²) in [6.07, 6.45) is 6.96. The van der Waals surface area contributed by atoms with Crippen LogP contribution in [0.4, 0.5) is 0 Å². The van der Waals surface area contributed by atoms with Gasteiger partial charge in [-0.3, -0.25) is 0 Å². The van der Waals surface area contributed by atoms with Crippen molar-refractivity contribution in [2.24, 2.45) is 0 Å². The van der Waals surface area contributed by atoms with Crippen molar-refractivity contribution in [2.45, 2.75) is 6.92 Å². The minimum Gasteiger partial charge on any atom is -0.753 e. The van der Waals surface area contributed by atoms with Gasteiger partial charge in [0.1, 0.15) is 0 Å². The largest absolute Gasteiger partial charge is 2.00 e. The molecule has 0 unspecified atom stereocenters. The van der Waals surface area contributed by atoms with Crippen molar-refractivity contribution in [3.8, 4) is 0 Å². The Morgan fingerprint density at radius 1 is 0.500 bits per heavy atom. The van der Waals surface area contributed by atoms with E-state index in [2.05, 4.69) is 153 Å². The predicted molar refractivity (Wildman–Crippen MR) is 191 cm³/mol. The number of thiocarbonyl (C=S) groups is 2. The Labute approximate surface area is 264 Å². The Balaban J connectivity index is 0.00000105. The van der Waals surface area contributed by atoms with Crippen LogP contribution in [0.2, 0.25) is 0 Å². The first-order valence-electron chi connectivity index (χ1n) is 13.0. The number of benzene rings is 4. The maximum atomic E-state index is 7.13. The van der Waals surface area contributed by atoms with Crippen LogP contribution in [-0.2, 0) is 16.5 Å². The van der Waals surface area contributed by atoms with Crippen LogP contribution in [0, 0.1) is 0 Å². The van der Waals surface area contributed by atoms with Gasteiger partial charge in [-0.05, 0) is 55.5 Å². The van der Waals surface area contributed by atoms with E-state index in [1.165, 1.54) is 41.1 Å². The van der Waals surface area contributed by atoms with Crippen LogP contribution in [-0.4, -0.2) is 41.1 Å². The van der Waals surface area contributed by atoms with Gasteiger partial charge in [0.15, 0.2) is 0 Å². The summed E-state index contributed by atoms with van der Waals surface area (Å²) >= 11 is 7.40. The summed E-state index contributed by atoms with van der Waals surface area (Å²) in [6, 6.07) is 45.1. The molecule has 40 heavy (non-hydrogen) atoms. The fourth-order valence-electron chi connectivity index (χ4n) is 4.55. The molecule has 0 aliphatic heterocycles. The van der Waals surface area contributed by atoms with E-state index >= 15 is 0 Å². The molecule has 0 radical (unpaired) electrons. The summed E-state index contributed by atoms with van der Waals surface area (Å²) in [7, 11) is -1.78. The number of nitrogens with zero attached hydrogens (tertiary/aromatic N) is 2. The Bertz CT molecular complexity index is 1080. The number of hydrogen-bond acceptors (Lipinski definition) is 2. The third-order valence-corrected chi connectivity index (χ3v) is 16.0. The van der Waals surface area contributed by atoms with Crippen LogP contribution >= 0.6 is 48.2 Å². The number of rotatable bonds is 11. The number of isothiocyanates is 2. The monoisotopic (exact) mass is 663 g/mol. The van der Waals surface area contributed by atoms with E-state index in [1.54, 1.807) is 21.2 Å². The first-order valence-corrected chi connectivity index (χ1v) is 19.3. The van der Waals surface area contributed by atoms with E-state index < -0.39 is 15.8 Å². The van der Waals surface area contributed by atoms with Gasteiger partial charge >= 0.3 is 16.5 Å². The minimum absolute atomic E-state index is 0. The average molecular weight is 664 g/mol. The maximum absolute atomic E-state index is 7.13. The molecule has 0 heterocycles. The summed E-state index contributed by atoms with van der Waals surface area (Å²) in [6.45, 7) is 2.43. The van der Waals surface area contributed by atoms with Gasteiger partial charge in [0.05, 0.1) is 67.9 Å². The van der Waals surface area contributed by atoms with E-state index in [1.807, 2.05) is 0 Å².